The maximum atomic E-state index is 12.6. The number of thioether (sulfide) groups is 1. The van der Waals surface area contributed by atoms with E-state index in [0.717, 1.165) is 22.4 Å². The van der Waals surface area contributed by atoms with Crippen LogP contribution in [0.4, 0.5) is 5.69 Å². The molecule has 0 radical (unpaired) electrons. The largest absolute Gasteiger partial charge is 0.325 e. The summed E-state index contributed by atoms with van der Waals surface area (Å²) in [6, 6.07) is 15.4. The molecule has 2 aromatic carbocycles. The van der Waals surface area contributed by atoms with Crippen molar-refractivity contribution in [2.24, 2.45) is 0 Å². The number of rotatable bonds is 4. The first kappa shape index (κ1) is 18.4. The van der Waals surface area contributed by atoms with Gasteiger partial charge in [-0.3, -0.25) is 14.5 Å². The molecule has 132 valence electrons. The summed E-state index contributed by atoms with van der Waals surface area (Å²) in [6.45, 7) is 3.85. The van der Waals surface area contributed by atoms with E-state index in [1.165, 1.54) is 16.7 Å². The second-order valence-corrected chi connectivity index (χ2v) is 7.78. The quantitative estimate of drug-likeness (QED) is 0.638. The lowest BCUT2D eigenvalue weighted by molar-refractivity contribution is -0.126. The van der Waals surface area contributed by atoms with Crippen LogP contribution in [0, 0.1) is 13.8 Å². The second-order valence-electron chi connectivity index (χ2n) is 6.10. The summed E-state index contributed by atoms with van der Waals surface area (Å²) < 4.78 is 0.396. The van der Waals surface area contributed by atoms with Crippen LogP contribution in [0.2, 0.25) is 0 Å². The summed E-state index contributed by atoms with van der Waals surface area (Å²) in [5.41, 5.74) is 3.78. The zero-order valence-electron chi connectivity index (χ0n) is 14.5. The first-order valence-electron chi connectivity index (χ1n) is 8.11. The minimum atomic E-state index is -0.271. The van der Waals surface area contributed by atoms with Gasteiger partial charge in [0.05, 0.1) is 4.91 Å². The summed E-state index contributed by atoms with van der Waals surface area (Å²) in [5.74, 6) is -0.508. The Hall–Kier alpha value is -2.44. The fourth-order valence-corrected chi connectivity index (χ4v) is 3.98. The second kappa shape index (κ2) is 7.85. The van der Waals surface area contributed by atoms with Crippen molar-refractivity contribution >= 4 is 51.9 Å². The van der Waals surface area contributed by atoms with Gasteiger partial charge in [0.25, 0.3) is 5.91 Å². The highest BCUT2D eigenvalue weighted by Crippen LogP contribution is 2.32. The van der Waals surface area contributed by atoms with Gasteiger partial charge in [-0.05, 0) is 48.7 Å². The molecule has 1 N–H and O–H groups in total. The highest BCUT2D eigenvalue weighted by Gasteiger charge is 2.33. The van der Waals surface area contributed by atoms with Crippen LogP contribution in [0.15, 0.2) is 53.4 Å². The van der Waals surface area contributed by atoms with E-state index in [1.54, 1.807) is 6.08 Å². The van der Waals surface area contributed by atoms with Gasteiger partial charge in [0, 0.05) is 5.69 Å². The van der Waals surface area contributed by atoms with Gasteiger partial charge in [0.2, 0.25) is 5.91 Å². The highest BCUT2D eigenvalue weighted by molar-refractivity contribution is 8.26. The van der Waals surface area contributed by atoms with Crippen molar-refractivity contribution in [3.63, 3.8) is 0 Å². The van der Waals surface area contributed by atoms with E-state index in [1.807, 2.05) is 62.4 Å². The molecular weight excluding hydrogens is 364 g/mol. The van der Waals surface area contributed by atoms with E-state index < -0.39 is 0 Å². The van der Waals surface area contributed by atoms with Crippen molar-refractivity contribution < 1.29 is 9.59 Å². The summed E-state index contributed by atoms with van der Waals surface area (Å²) in [6.07, 6.45) is 1.79. The van der Waals surface area contributed by atoms with Gasteiger partial charge in [0.15, 0.2) is 0 Å². The number of carbonyl (C=O) groups is 2. The fourth-order valence-electron chi connectivity index (χ4n) is 2.73. The summed E-state index contributed by atoms with van der Waals surface area (Å²) in [5, 5.41) is 2.83. The minimum Gasteiger partial charge on any atom is -0.325 e. The van der Waals surface area contributed by atoms with Crippen LogP contribution in [-0.4, -0.2) is 27.6 Å². The Morgan fingerprint density at radius 1 is 1.15 bits per heavy atom. The fraction of sp³-hybridized carbons (Fsp3) is 0.150. The van der Waals surface area contributed by atoms with Crippen LogP contribution in [0.5, 0.6) is 0 Å². The minimum absolute atomic E-state index is 0.0935. The topological polar surface area (TPSA) is 49.4 Å². The van der Waals surface area contributed by atoms with Gasteiger partial charge in [0.1, 0.15) is 10.9 Å². The number of hydrogen-bond donors (Lipinski definition) is 1. The van der Waals surface area contributed by atoms with Gasteiger partial charge in [-0.15, -0.1) is 0 Å². The molecule has 4 nitrogen and oxygen atoms in total. The zero-order chi connectivity index (χ0) is 18.7. The number of nitrogens with one attached hydrogen (secondary N) is 1. The normalized spacial score (nSPS) is 15.6. The first-order valence-corrected chi connectivity index (χ1v) is 9.33. The average Bonchev–Trinajstić information content (AvgIpc) is 2.82. The third-order valence-electron chi connectivity index (χ3n) is 3.78. The molecule has 26 heavy (non-hydrogen) atoms. The maximum Gasteiger partial charge on any atom is 0.266 e. The number of benzene rings is 2. The molecule has 1 aliphatic rings. The molecule has 0 saturated carbocycles. The first-order chi connectivity index (χ1) is 12.4. The number of thiocarbonyl (C=S) groups is 1. The lowest BCUT2D eigenvalue weighted by atomic mass is 10.1. The number of nitrogens with zero attached hydrogens (tertiary/aromatic N) is 1. The highest BCUT2D eigenvalue weighted by atomic mass is 32.2. The van der Waals surface area contributed by atoms with Gasteiger partial charge < -0.3 is 5.32 Å². The molecule has 6 heteroatoms. The predicted molar refractivity (Wildman–Crippen MR) is 111 cm³/mol. The van der Waals surface area contributed by atoms with Crippen LogP contribution < -0.4 is 5.32 Å². The van der Waals surface area contributed by atoms with E-state index in [4.69, 9.17) is 12.2 Å². The Bertz CT molecular complexity index is 887. The SMILES string of the molecule is Cc1cc(C)cc(NC(=O)CN2C(=O)C(=Cc3ccccc3)SC2=S)c1. The Labute approximate surface area is 162 Å². The zero-order valence-corrected chi connectivity index (χ0v) is 16.1. The van der Waals surface area contributed by atoms with Crippen molar-refractivity contribution in [2.45, 2.75) is 13.8 Å². The van der Waals surface area contributed by atoms with Crippen LogP contribution in [0.3, 0.4) is 0 Å². The van der Waals surface area contributed by atoms with Gasteiger partial charge in [-0.25, -0.2) is 0 Å². The predicted octanol–water partition coefficient (Wildman–Crippen LogP) is 4.14. The molecule has 1 fully saturated rings. The molecule has 0 bridgehead atoms. The molecule has 2 aromatic rings. The molecule has 1 saturated heterocycles. The van der Waals surface area contributed by atoms with E-state index in [-0.39, 0.29) is 18.4 Å². The molecule has 2 amide bonds. The molecule has 0 unspecified atom stereocenters. The number of aryl methyl sites for hydroxylation is 2. The molecule has 1 heterocycles. The smallest absolute Gasteiger partial charge is 0.266 e. The third kappa shape index (κ3) is 4.39. The summed E-state index contributed by atoms with van der Waals surface area (Å²) in [7, 11) is 0. The number of carbonyl (C=O) groups excluding carboxylic acids is 2. The standard InChI is InChI=1S/C20H18N2O2S2/c1-13-8-14(2)10-16(9-13)21-18(23)12-22-19(24)17(26-20(22)25)11-15-6-4-3-5-7-15/h3-11H,12H2,1-2H3,(H,21,23). The van der Waals surface area contributed by atoms with Crippen LogP contribution in [-0.2, 0) is 9.59 Å². The van der Waals surface area contributed by atoms with Gasteiger partial charge in [-0.1, -0.05) is 60.4 Å². The Kier molecular flexibility index (Phi) is 5.54. The van der Waals surface area contributed by atoms with Crippen molar-refractivity contribution in [2.75, 3.05) is 11.9 Å². The summed E-state index contributed by atoms with van der Waals surface area (Å²) in [4.78, 5) is 26.8. The van der Waals surface area contributed by atoms with Crippen LogP contribution in [0.1, 0.15) is 16.7 Å². The Morgan fingerprint density at radius 3 is 2.46 bits per heavy atom. The molecule has 0 spiro atoms. The van der Waals surface area contributed by atoms with Crippen molar-refractivity contribution in [3.8, 4) is 0 Å². The molecule has 0 atom stereocenters. The third-order valence-corrected chi connectivity index (χ3v) is 5.16. The summed E-state index contributed by atoms with van der Waals surface area (Å²) >= 11 is 6.50. The molecule has 1 aliphatic heterocycles. The lowest BCUT2D eigenvalue weighted by Crippen LogP contribution is -2.36. The molecule has 0 aliphatic carbocycles. The number of hydrogen-bond acceptors (Lipinski definition) is 4. The average molecular weight is 383 g/mol. The van der Waals surface area contributed by atoms with Crippen LogP contribution in [0.25, 0.3) is 6.08 Å². The Balaban J connectivity index is 1.69. The number of amides is 2. The molecule has 0 aromatic heterocycles. The number of anilines is 1. The van der Waals surface area contributed by atoms with E-state index in [0.29, 0.717) is 9.23 Å². The monoisotopic (exact) mass is 382 g/mol. The molecule has 3 rings (SSSR count). The van der Waals surface area contributed by atoms with Crippen LogP contribution >= 0.6 is 24.0 Å². The van der Waals surface area contributed by atoms with Gasteiger partial charge in [-0.2, -0.15) is 0 Å². The van der Waals surface area contributed by atoms with Gasteiger partial charge >= 0.3 is 0 Å². The molecular formula is C20H18N2O2S2. The van der Waals surface area contributed by atoms with Crippen molar-refractivity contribution in [1.82, 2.24) is 4.90 Å². The van der Waals surface area contributed by atoms with E-state index in [9.17, 15) is 9.59 Å². The van der Waals surface area contributed by atoms with E-state index >= 15 is 0 Å². The maximum absolute atomic E-state index is 12.6. The van der Waals surface area contributed by atoms with E-state index in [2.05, 4.69) is 5.32 Å². The Morgan fingerprint density at radius 2 is 1.81 bits per heavy atom. The van der Waals surface area contributed by atoms with Crippen molar-refractivity contribution in [1.29, 1.82) is 0 Å². The lowest BCUT2D eigenvalue weighted by Gasteiger charge is -2.14. The van der Waals surface area contributed by atoms with Crippen molar-refractivity contribution in [3.05, 3.63) is 70.1 Å².